The quantitative estimate of drug-likeness (QED) is 0.457. The fourth-order valence-electron chi connectivity index (χ4n) is 2.17. The molecule has 0 bridgehead atoms. The number of carbonyl (C=O) groups excluding carboxylic acids is 1. The smallest absolute Gasteiger partial charge is 0.306 e. The molecular weight excluding hydrogens is 296 g/mol. The Morgan fingerprint density at radius 2 is 2.25 bits per heavy atom. The van der Waals surface area contributed by atoms with E-state index in [0.29, 0.717) is 17.5 Å². The average molecular weight is 313 g/mol. The summed E-state index contributed by atoms with van der Waals surface area (Å²) in [5.41, 5.74) is 0.106. The van der Waals surface area contributed by atoms with E-state index in [4.69, 9.17) is 16.3 Å². The molecule has 0 spiro atoms. The second kappa shape index (κ2) is 5.53. The van der Waals surface area contributed by atoms with Crippen LogP contribution in [0.2, 0.25) is 5.15 Å². The van der Waals surface area contributed by atoms with Gasteiger partial charge >= 0.3 is 5.97 Å². The number of methoxy groups -OCH3 is 1. The van der Waals surface area contributed by atoms with Crippen molar-refractivity contribution in [1.82, 2.24) is 9.97 Å². The third-order valence-corrected chi connectivity index (χ3v) is 5.32. The largest absolute Gasteiger partial charge is 0.469 e. The zero-order valence-corrected chi connectivity index (χ0v) is 13.0. The van der Waals surface area contributed by atoms with Gasteiger partial charge in [-0.3, -0.25) is 4.79 Å². The first-order chi connectivity index (χ1) is 9.60. The van der Waals surface area contributed by atoms with Crippen LogP contribution in [0.1, 0.15) is 43.8 Å². The van der Waals surface area contributed by atoms with Crippen LogP contribution in [-0.4, -0.2) is 28.8 Å². The van der Waals surface area contributed by atoms with Gasteiger partial charge in [0, 0.05) is 17.7 Å². The molecule has 0 N–H and O–H groups in total. The first-order valence-corrected chi connectivity index (χ1v) is 8.21. The monoisotopic (exact) mass is 312 g/mol. The van der Waals surface area contributed by atoms with Crippen LogP contribution < -0.4 is 0 Å². The van der Waals surface area contributed by atoms with Gasteiger partial charge in [-0.15, -0.1) is 11.8 Å². The second-order valence-electron chi connectivity index (χ2n) is 5.70. The van der Waals surface area contributed by atoms with Crippen LogP contribution >= 0.6 is 23.4 Å². The van der Waals surface area contributed by atoms with Gasteiger partial charge in [0.2, 0.25) is 0 Å². The standard InChI is InChI=1S/C14H17ClN2O2S/c1-19-12(18)7-14(4-5-14)8-20-11-6-10(15)16-13(17-11)9-2-3-9/h6,9H,2-5,7-8H2,1H3. The number of thioether (sulfide) groups is 1. The van der Waals surface area contributed by atoms with Crippen LogP contribution in [0.15, 0.2) is 11.1 Å². The van der Waals surface area contributed by atoms with Crippen molar-refractivity contribution in [3.05, 3.63) is 17.0 Å². The fourth-order valence-corrected chi connectivity index (χ4v) is 3.62. The Morgan fingerprint density at radius 3 is 2.85 bits per heavy atom. The highest BCUT2D eigenvalue weighted by atomic mass is 35.5. The summed E-state index contributed by atoms with van der Waals surface area (Å²) in [6.07, 6.45) is 5.01. The SMILES string of the molecule is COC(=O)CC1(CSc2cc(Cl)nc(C3CC3)n2)CC1. The summed E-state index contributed by atoms with van der Waals surface area (Å²) in [4.78, 5) is 20.3. The molecule has 3 rings (SSSR count). The molecule has 108 valence electrons. The second-order valence-corrected chi connectivity index (χ2v) is 7.09. The van der Waals surface area contributed by atoms with Gasteiger partial charge in [-0.25, -0.2) is 9.97 Å². The maximum absolute atomic E-state index is 11.4. The lowest BCUT2D eigenvalue weighted by Crippen LogP contribution is -2.13. The maximum Gasteiger partial charge on any atom is 0.306 e. The molecule has 2 fully saturated rings. The molecule has 0 saturated heterocycles. The van der Waals surface area contributed by atoms with E-state index in [1.165, 1.54) is 7.11 Å². The van der Waals surface area contributed by atoms with Gasteiger partial charge in [0.05, 0.1) is 13.5 Å². The number of aromatic nitrogens is 2. The summed E-state index contributed by atoms with van der Waals surface area (Å²) in [5.74, 6) is 2.14. The normalized spacial score (nSPS) is 19.7. The third kappa shape index (κ3) is 3.44. The lowest BCUT2D eigenvalue weighted by Gasteiger charge is -2.13. The predicted molar refractivity (Wildman–Crippen MR) is 78.0 cm³/mol. The molecule has 2 saturated carbocycles. The summed E-state index contributed by atoms with van der Waals surface area (Å²) < 4.78 is 4.76. The maximum atomic E-state index is 11.4. The third-order valence-electron chi connectivity index (χ3n) is 3.86. The van der Waals surface area contributed by atoms with Crippen LogP contribution in [0.5, 0.6) is 0 Å². The number of hydrogen-bond donors (Lipinski definition) is 0. The summed E-state index contributed by atoms with van der Waals surface area (Å²) >= 11 is 7.73. The van der Waals surface area contributed by atoms with Crippen molar-refractivity contribution in [3.63, 3.8) is 0 Å². The van der Waals surface area contributed by atoms with Crippen molar-refractivity contribution in [2.24, 2.45) is 5.41 Å². The average Bonchev–Trinajstić information content (AvgIpc) is 3.31. The van der Waals surface area contributed by atoms with Crippen molar-refractivity contribution in [2.45, 2.75) is 43.0 Å². The number of halogens is 1. The number of esters is 1. The minimum absolute atomic E-state index is 0.106. The number of hydrogen-bond acceptors (Lipinski definition) is 5. The van der Waals surface area contributed by atoms with Gasteiger partial charge in [0.1, 0.15) is 16.0 Å². The summed E-state index contributed by atoms with van der Waals surface area (Å²) in [6, 6.07) is 1.81. The Bertz CT molecular complexity index is 530. The molecule has 4 nitrogen and oxygen atoms in total. The van der Waals surface area contributed by atoms with Gasteiger partial charge in [0.15, 0.2) is 0 Å². The Morgan fingerprint density at radius 1 is 1.50 bits per heavy atom. The molecule has 6 heteroatoms. The summed E-state index contributed by atoms with van der Waals surface area (Å²) in [7, 11) is 1.44. The van der Waals surface area contributed by atoms with Gasteiger partial charge in [-0.1, -0.05) is 11.6 Å². The van der Waals surface area contributed by atoms with Crippen molar-refractivity contribution >= 4 is 29.3 Å². The van der Waals surface area contributed by atoms with E-state index in [2.05, 4.69) is 9.97 Å². The van der Waals surface area contributed by atoms with Crippen LogP contribution in [0.4, 0.5) is 0 Å². The molecule has 0 aromatic carbocycles. The number of nitrogens with zero attached hydrogens (tertiary/aromatic N) is 2. The Hall–Kier alpha value is -0.810. The minimum Gasteiger partial charge on any atom is -0.469 e. The first-order valence-electron chi connectivity index (χ1n) is 6.84. The highest BCUT2D eigenvalue weighted by Gasteiger charge is 2.44. The zero-order valence-electron chi connectivity index (χ0n) is 11.4. The fraction of sp³-hybridized carbons (Fsp3) is 0.643. The van der Waals surface area contributed by atoms with Crippen LogP contribution in [-0.2, 0) is 9.53 Å². The molecule has 0 amide bonds. The molecule has 1 aromatic heterocycles. The van der Waals surface area contributed by atoms with Gasteiger partial charge in [-0.05, 0) is 31.1 Å². The van der Waals surface area contributed by atoms with Gasteiger partial charge in [-0.2, -0.15) is 0 Å². The van der Waals surface area contributed by atoms with E-state index in [0.717, 1.165) is 42.3 Å². The van der Waals surface area contributed by atoms with E-state index in [1.807, 2.05) is 6.07 Å². The van der Waals surface area contributed by atoms with Crippen molar-refractivity contribution in [3.8, 4) is 0 Å². The molecule has 2 aliphatic carbocycles. The minimum atomic E-state index is -0.123. The van der Waals surface area contributed by atoms with Crippen molar-refractivity contribution in [2.75, 3.05) is 12.9 Å². The predicted octanol–water partition coefficient (Wildman–Crippen LogP) is 3.44. The zero-order chi connectivity index (χ0) is 14.2. The molecule has 1 aromatic rings. The number of rotatable bonds is 6. The topological polar surface area (TPSA) is 52.1 Å². The van der Waals surface area contributed by atoms with Crippen molar-refractivity contribution < 1.29 is 9.53 Å². The van der Waals surface area contributed by atoms with E-state index < -0.39 is 0 Å². The molecule has 0 unspecified atom stereocenters. The van der Waals surface area contributed by atoms with E-state index >= 15 is 0 Å². The molecule has 0 radical (unpaired) electrons. The Balaban J connectivity index is 1.62. The lowest BCUT2D eigenvalue weighted by atomic mass is 10.1. The lowest BCUT2D eigenvalue weighted by molar-refractivity contribution is -0.141. The van der Waals surface area contributed by atoms with Crippen LogP contribution in [0.3, 0.4) is 0 Å². The van der Waals surface area contributed by atoms with Crippen molar-refractivity contribution in [1.29, 1.82) is 0 Å². The van der Waals surface area contributed by atoms with E-state index in [-0.39, 0.29) is 11.4 Å². The number of ether oxygens (including phenoxy) is 1. The first kappa shape index (κ1) is 14.1. The molecule has 0 atom stereocenters. The molecule has 0 aliphatic heterocycles. The Kier molecular flexibility index (Phi) is 3.91. The molecule has 2 aliphatic rings. The van der Waals surface area contributed by atoms with Crippen LogP contribution in [0, 0.1) is 5.41 Å². The van der Waals surface area contributed by atoms with E-state index in [1.54, 1.807) is 11.8 Å². The van der Waals surface area contributed by atoms with Gasteiger partial charge in [0.25, 0.3) is 0 Å². The number of carbonyl (C=O) groups is 1. The molecular formula is C14H17ClN2O2S. The Labute approximate surface area is 127 Å². The van der Waals surface area contributed by atoms with E-state index in [9.17, 15) is 4.79 Å². The van der Waals surface area contributed by atoms with Crippen LogP contribution in [0.25, 0.3) is 0 Å². The van der Waals surface area contributed by atoms with Gasteiger partial charge < -0.3 is 4.74 Å². The molecule has 20 heavy (non-hydrogen) atoms. The summed E-state index contributed by atoms with van der Waals surface area (Å²) in [6.45, 7) is 0. The summed E-state index contributed by atoms with van der Waals surface area (Å²) in [5, 5.41) is 1.44. The molecule has 1 heterocycles. The highest BCUT2D eigenvalue weighted by molar-refractivity contribution is 7.99. The highest BCUT2D eigenvalue weighted by Crippen LogP contribution is 2.52.